The Balaban J connectivity index is 2.73. The zero-order valence-corrected chi connectivity index (χ0v) is 7.53. The second-order valence-corrected chi connectivity index (χ2v) is 3.07. The highest BCUT2D eigenvalue weighted by Gasteiger charge is 2.44. The second-order valence-electron chi connectivity index (χ2n) is 3.07. The number of carbonyl (C=O) groups excluding carboxylic acids is 1. The number of hydrogen-bond donors (Lipinski definition) is 3. The van der Waals surface area contributed by atoms with Crippen LogP contribution in [0.25, 0.3) is 0 Å². The smallest absolute Gasteiger partial charge is 0.261 e. The summed E-state index contributed by atoms with van der Waals surface area (Å²) in [5.74, 6) is -0.880. The minimum atomic E-state index is -2.17. The van der Waals surface area contributed by atoms with Crippen LogP contribution >= 0.6 is 0 Å². The summed E-state index contributed by atoms with van der Waals surface area (Å²) in [5, 5.41) is 23.6. The predicted octanol–water partition coefficient (Wildman–Crippen LogP) is 0.676. The van der Waals surface area contributed by atoms with Crippen molar-refractivity contribution in [3.05, 3.63) is 29.7 Å². The van der Waals surface area contributed by atoms with Gasteiger partial charge in [-0.05, 0) is 6.04 Å². The lowest BCUT2D eigenvalue weighted by atomic mass is 9.92. The van der Waals surface area contributed by atoms with Gasteiger partial charge < -0.3 is 15.6 Å². The zero-order chi connectivity index (χ0) is 14.4. The first-order valence-electron chi connectivity index (χ1n) is 6.15. The zero-order valence-electron chi connectivity index (χ0n) is 11.5. The van der Waals surface area contributed by atoms with Gasteiger partial charge in [-0.3, -0.25) is 4.79 Å². The van der Waals surface area contributed by atoms with E-state index in [1.54, 1.807) is 0 Å². The third-order valence-electron chi connectivity index (χ3n) is 2.18. The maximum absolute atomic E-state index is 11.8. The van der Waals surface area contributed by atoms with Crippen LogP contribution in [0, 0.1) is 0 Å². The van der Waals surface area contributed by atoms with Gasteiger partial charge in [0.2, 0.25) is 0 Å². The largest absolute Gasteiger partial charge is 0.411 e. The molecule has 2 rings (SSSR count). The summed E-state index contributed by atoms with van der Waals surface area (Å²) in [7, 11) is 0. The molecule has 1 heterocycles. The van der Waals surface area contributed by atoms with E-state index in [0.29, 0.717) is 0 Å². The third kappa shape index (κ3) is 1.37. The fourth-order valence-electron chi connectivity index (χ4n) is 1.41. The molecule has 0 aliphatic carbocycles. The molecule has 0 spiro atoms. The molecule has 0 saturated carbocycles. The Morgan fingerprint density at radius 1 is 1.60 bits per heavy atom. The van der Waals surface area contributed by atoms with Gasteiger partial charge in [-0.2, -0.15) is 0 Å². The quantitative estimate of drug-likeness (QED) is 0.381. The fraction of sp³-hybridized carbons (Fsp3) is 0.200. The number of nitrogens with one attached hydrogen (secondary N) is 1. The first-order chi connectivity index (χ1) is 8.84. The number of para-hydroxylation sites is 1. The number of oxime groups is 1. The Labute approximate surface area is 91.7 Å². The van der Waals surface area contributed by atoms with Crippen molar-refractivity contribution in [2.24, 2.45) is 5.16 Å². The van der Waals surface area contributed by atoms with Gasteiger partial charge in [-0.15, -0.1) is 5.16 Å². The van der Waals surface area contributed by atoms with Gasteiger partial charge in [0.25, 0.3) is 5.91 Å². The Hall–Kier alpha value is -1.88. The summed E-state index contributed by atoms with van der Waals surface area (Å²) in [6.45, 7) is 0. The molecule has 1 unspecified atom stereocenters. The van der Waals surface area contributed by atoms with E-state index in [0.717, 1.165) is 6.21 Å². The highest BCUT2D eigenvalue weighted by Crippen LogP contribution is 2.37. The number of nitrogens with zero attached hydrogens (tertiary/aromatic N) is 1. The van der Waals surface area contributed by atoms with Crippen molar-refractivity contribution in [1.29, 1.82) is 0 Å². The van der Waals surface area contributed by atoms with E-state index in [-0.39, 0.29) is 11.3 Å². The summed E-state index contributed by atoms with van der Waals surface area (Å²) >= 11 is 0. The molecule has 5 heteroatoms. The van der Waals surface area contributed by atoms with Crippen LogP contribution in [0.2, 0.25) is 0 Å². The molecule has 1 atom stereocenters. The molecule has 78 valence electrons. The maximum atomic E-state index is 11.8. The van der Waals surface area contributed by atoms with E-state index >= 15 is 0 Å². The lowest BCUT2D eigenvalue weighted by molar-refractivity contribution is -0.132. The molecule has 5 nitrogen and oxygen atoms in total. The first-order valence-corrected chi connectivity index (χ1v) is 4.15. The standard InChI is InChI=1S/C10H10N2O3/c13-9-10(14,5-6-11-15)7-3-1-2-4-8(7)12-9/h1-4,6,14-15H,5H2,(H,12,13)/b11-6+/i1D,2D,3D,4D. The van der Waals surface area contributed by atoms with Gasteiger partial charge in [0.05, 0.1) is 5.48 Å². The van der Waals surface area contributed by atoms with Crippen LogP contribution in [-0.2, 0) is 10.4 Å². The van der Waals surface area contributed by atoms with Gasteiger partial charge >= 0.3 is 0 Å². The number of rotatable bonds is 2. The van der Waals surface area contributed by atoms with Gasteiger partial charge in [0.15, 0.2) is 5.60 Å². The van der Waals surface area contributed by atoms with Gasteiger partial charge in [0, 0.05) is 23.9 Å². The van der Waals surface area contributed by atoms with Crippen LogP contribution in [0.1, 0.15) is 17.5 Å². The lowest BCUT2D eigenvalue weighted by Gasteiger charge is -2.17. The Kier molecular flexibility index (Phi) is 1.31. The highest BCUT2D eigenvalue weighted by atomic mass is 16.4. The number of anilines is 1. The molecule has 1 aromatic rings. The van der Waals surface area contributed by atoms with E-state index in [9.17, 15) is 9.90 Å². The summed E-state index contributed by atoms with van der Waals surface area (Å²) < 4.78 is 30.4. The second kappa shape index (κ2) is 3.36. The van der Waals surface area contributed by atoms with Crippen molar-refractivity contribution in [2.75, 3.05) is 5.32 Å². The molecular formula is C10H10N2O3. The van der Waals surface area contributed by atoms with Gasteiger partial charge in [0.1, 0.15) is 0 Å². The molecule has 15 heavy (non-hydrogen) atoms. The van der Waals surface area contributed by atoms with Crippen molar-refractivity contribution >= 4 is 17.8 Å². The summed E-state index contributed by atoms with van der Waals surface area (Å²) in [5.41, 5.74) is -2.55. The van der Waals surface area contributed by atoms with Crippen molar-refractivity contribution in [2.45, 2.75) is 12.0 Å². The van der Waals surface area contributed by atoms with Crippen molar-refractivity contribution in [3.8, 4) is 0 Å². The molecule has 3 N–H and O–H groups in total. The minimum absolute atomic E-state index is 0.148. The molecule has 1 aliphatic rings. The van der Waals surface area contributed by atoms with Crippen molar-refractivity contribution < 1.29 is 20.6 Å². The van der Waals surface area contributed by atoms with Gasteiger partial charge in [-0.25, -0.2) is 0 Å². The average molecular weight is 210 g/mol. The van der Waals surface area contributed by atoms with E-state index in [1.165, 1.54) is 0 Å². The summed E-state index contributed by atoms with van der Waals surface area (Å²) in [6.07, 6.45) is 0.487. The van der Waals surface area contributed by atoms with Crippen LogP contribution in [0.4, 0.5) is 5.69 Å². The summed E-state index contributed by atoms with van der Waals surface area (Å²) in [6, 6.07) is -1.96. The number of amides is 1. The normalized spacial score (nSPS) is 27.9. The maximum Gasteiger partial charge on any atom is 0.261 e. The van der Waals surface area contributed by atoms with E-state index in [4.69, 9.17) is 10.7 Å². The monoisotopic (exact) mass is 210 g/mol. The van der Waals surface area contributed by atoms with Gasteiger partial charge in [-0.1, -0.05) is 18.1 Å². The van der Waals surface area contributed by atoms with Crippen LogP contribution in [0.3, 0.4) is 0 Å². The first kappa shape index (κ1) is 5.87. The number of benzene rings is 1. The third-order valence-corrected chi connectivity index (χ3v) is 2.18. The summed E-state index contributed by atoms with van der Waals surface area (Å²) in [4.78, 5) is 11.8. The van der Waals surface area contributed by atoms with Crippen LogP contribution in [0.15, 0.2) is 29.3 Å². The molecule has 0 aromatic heterocycles. The Bertz CT molecular complexity index is 605. The molecule has 1 aliphatic heterocycles. The lowest BCUT2D eigenvalue weighted by Crippen LogP contribution is -2.34. The highest BCUT2D eigenvalue weighted by molar-refractivity contribution is 6.06. The number of carbonyl (C=O) groups is 1. The molecule has 0 fully saturated rings. The topological polar surface area (TPSA) is 81.9 Å². The van der Waals surface area contributed by atoms with Crippen LogP contribution in [-0.4, -0.2) is 22.4 Å². The number of aliphatic hydroxyl groups is 1. The minimum Gasteiger partial charge on any atom is -0.411 e. The molecule has 0 radical (unpaired) electrons. The van der Waals surface area contributed by atoms with Crippen molar-refractivity contribution in [3.63, 3.8) is 0 Å². The van der Waals surface area contributed by atoms with E-state index < -0.39 is 42.1 Å². The predicted molar refractivity (Wildman–Crippen MR) is 53.9 cm³/mol. The molecule has 1 amide bonds. The number of fused-ring (bicyclic) bond motifs is 1. The van der Waals surface area contributed by atoms with Crippen molar-refractivity contribution in [1.82, 2.24) is 0 Å². The van der Waals surface area contributed by atoms with E-state index in [1.807, 2.05) is 0 Å². The molecule has 1 aromatic carbocycles. The molecular weight excluding hydrogens is 196 g/mol. The Morgan fingerprint density at radius 3 is 3.07 bits per heavy atom. The average Bonchev–Trinajstić information content (AvgIpc) is 2.65. The Morgan fingerprint density at radius 2 is 2.33 bits per heavy atom. The van der Waals surface area contributed by atoms with Crippen LogP contribution in [0.5, 0.6) is 0 Å². The van der Waals surface area contributed by atoms with Crippen LogP contribution < -0.4 is 5.32 Å². The van der Waals surface area contributed by atoms with E-state index in [2.05, 4.69) is 10.5 Å². The molecule has 0 bridgehead atoms. The molecule has 0 saturated heterocycles. The SMILES string of the molecule is [2H]c1c([2H])c([2H])c2c(c1[2H])NC(=O)C2(O)C/C=N/O. The number of hydrogen-bond acceptors (Lipinski definition) is 4. The fourth-order valence-corrected chi connectivity index (χ4v) is 1.41.